The van der Waals surface area contributed by atoms with E-state index in [1.807, 2.05) is 24.3 Å². The van der Waals surface area contributed by atoms with Crippen LogP contribution in [0.3, 0.4) is 0 Å². The van der Waals surface area contributed by atoms with Crippen molar-refractivity contribution in [1.82, 2.24) is 0 Å². The van der Waals surface area contributed by atoms with Crippen LogP contribution in [-0.4, -0.2) is 12.9 Å². The van der Waals surface area contributed by atoms with E-state index < -0.39 is 0 Å². The highest BCUT2D eigenvalue weighted by Crippen LogP contribution is 2.31. The average molecular weight is 333 g/mol. The van der Waals surface area contributed by atoms with Crippen LogP contribution in [0.25, 0.3) is 6.08 Å². The van der Waals surface area contributed by atoms with E-state index >= 15 is 0 Å². The first-order chi connectivity index (χ1) is 10.6. The van der Waals surface area contributed by atoms with E-state index in [-0.39, 0.29) is 5.78 Å². The van der Waals surface area contributed by atoms with Gasteiger partial charge in [-0.3, -0.25) is 4.79 Å². The van der Waals surface area contributed by atoms with E-state index in [4.69, 9.17) is 27.9 Å². The molecular formula is C18H14Cl2O2. The molecule has 0 aromatic heterocycles. The van der Waals surface area contributed by atoms with Crippen molar-refractivity contribution in [3.8, 4) is 5.75 Å². The summed E-state index contributed by atoms with van der Waals surface area (Å²) in [6.45, 7) is 0. The van der Waals surface area contributed by atoms with Crippen LogP contribution in [0.2, 0.25) is 10.0 Å². The number of aryl methyl sites for hydroxylation is 1. The Labute approximate surface area is 139 Å². The topological polar surface area (TPSA) is 26.3 Å². The lowest BCUT2D eigenvalue weighted by Gasteiger charge is -2.18. The molecule has 3 rings (SSSR count). The second-order valence-electron chi connectivity index (χ2n) is 5.19. The first-order valence-electron chi connectivity index (χ1n) is 6.95. The first-order valence-corrected chi connectivity index (χ1v) is 7.71. The number of benzene rings is 2. The molecule has 2 nitrogen and oxygen atoms in total. The molecule has 0 unspecified atom stereocenters. The lowest BCUT2D eigenvalue weighted by Crippen LogP contribution is -2.14. The van der Waals surface area contributed by atoms with Gasteiger partial charge in [-0.05, 0) is 54.3 Å². The monoisotopic (exact) mass is 332 g/mol. The molecule has 0 spiro atoms. The zero-order chi connectivity index (χ0) is 15.7. The summed E-state index contributed by atoms with van der Waals surface area (Å²) in [5.74, 6) is 0.726. The van der Waals surface area contributed by atoms with E-state index in [1.54, 1.807) is 25.3 Å². The van der Waals surface area contributed by atoms with Crippen LogP contribution in [0.15, 0.2) is 42.0 Å². The van der Waals surface area contributed by atoms with E-state index in [1.165, 1.54) is 0 Å². The standard InChI is InChI=1S/C18H14Cl2O2/c1-22-15-7-5-11-2-3-13(18(21)16(11)10-15)8-12-4-6-14(19)9-17(12)20/h4-10H,2-3H2,1H3/b13-8-. The number of ether oxygens (including phenoxy) is 1. The normalized spacial score (nSPS) is 15.8. The van der Waals surface area contributed by atoms with Crippen LogP contribution in [0.1, 0.15) is 27.9 Å². The Morgan fingerprint density at radius 1 is 1.09 bits per heavy atom. The van der Waals surface area contributed by atoms with Gasteiger partial charge in [0.15, 0.2) is 5.78 Å². The van der Waals surface area contributed by atoms with Crippen LogP contribution in [-0.2, 0) is 6.42 Å². The number of hydrogen-bond donors (Lipinski definition) is 0. The van der Waals surface area contributed by atoms with Crippen LogP contribution in [0, 0.1) is 0 Å². The van der Waals surface area contributed by atoms with E-state index in [0.717, 1.165) is 23.1 Å². The zero-order valence-corrected chi connectivity index (χ0v) is 13.5. The molecule has 4 heteroatoms. The summed E-state index contributed by atoms with van der Waals surface area (Å²) in [5, 5.41) is 1.13. The van der Waals surface area contributed by atoms with Gasteiger partial charge in [-0.25, -0.2) is 0 Å². The minimum Gasteiger partial charge on any atom is -0.497 e. The average Bonchev–Trinajstić information content (AvgIpc) is 2.52. The van der Waals surface area contributed by atoms with Gasteiger partial charge in [-0.15, -0.1) is 0 Å². The number of fused-ring (bicyclic) bond motifs is 1. The molecule has 0 heterocycles. The quantitative estimate of drug-likeness (QED) is 0.705. The number of Topliss-reactive ketones (excluding diaryl/α,β-unsaturated/α-hetero) is 1. The number of carbonyl (C=O) groups is 1. The minimum atomic E-state index is 0.0335. The van der Waals surface area contributed by atoms with Gasteiger partial charge < -0.3 is 4.74 Å². The zero-order valence-electron chi connectivity index (χ0n) is 12.0. The highest BCUT2D eigenvalue weighted by molar-refractivity contribution is 6.35. The first kappa shape index (κ1) is 15.1. The van der Waals surface area contributed by atoms with Crippen LogP contribution < -0.4 is 4.74 Å². The molecule has 0 atom stereocenters. The van der Waals surface area contributed by atoms with Gasteiger partial charge in [0, 0.05) is 21.2 Å². The van der Waals surface area contributed by atoms with Crippen molar-refractivity contribution in [3.63, 3.8) is 0 Å². The summed E-state index contributed by atoms with van der Waals surface area (Å²) in [6, 6.07) is 10.9. The van der Waals surface area contributed by atoms with E-state index in [0.29, 0.717) is 27.8 Å². The lowest BCUT2D eigenvalue weighted by molar-refractivity contribution is 0.102. The van der Waals surface area contributed by atoms with Crippen molar-refractivity contribution in [2.45, 2.75) is 12.8 Å². The maximum absolute atomic E-state index is 12.7. The number of hydrogen-bond acceptors (Lipinski definition) is 2. The SMILES string of the molecule is COc1ccc2c(c1)C(=O)/C(=C\c1ccc(Cl)cc1Cl)CC2. The summed E-state index contributed by atoms with van der Waals surface area (Å²) >= 11 is 12.1. The summed E-state index contributed by atoms with van der Waals surface area (Å²) < 4.78 is 5.21. The predicted molar refractivity (Wildman–Crippen MR) is 90.1 cm³/mol. The smallest absolute Gasteiger partial charge is 0.189 e. The second kappa shape index (κ2) is 6.15. The van der Waals surface area contributed by atoms with Gasteiger partial charge in [-0.1, -0.05) is 35.3 Å². The number of methoxy groups -OCH3 is 1. The molecule has 1 aliphatic rings. The van der Waals surface area contributed by atoms with Gasteiger partial charge in [-0.2, -0.15) is 0 Å². The third kappa shape index (κ3) is 2.90. The van der Waals surface area contributed by atoms with Crippen LogP contribution in [0.5, 0.6) is 5.75 Å². The Kier molecular flexibility index (Phi) is 4.23. The molecule has 0 N–H and O–H groups in total. The molecule has 22 heavy (non-hydrogen) atoms. The van der Waals surface area contributed by atoms with E-state index in [2.05, 4.69) is 0 Å². The van der Waals surface area contributed by atoms with Gasteiger partial charge in [0.05, 0.1) is 7.11 Å². The molecule has 0 radical (unpaired) electrons. The van der Waals surface area contributed by atoms with Crippen molar-refractivity contribution in [3.05, 3.63) is 68.7 Å². The fraction of sp³-hybridized carbons (Fsp3) is 0.167. The molecule has 0 aliphatic heterocycles. The summed E-state index contributed by atoms with van der Waals surface area (Å²) in [5.41, 5.74) is 3.33. The minimum absolute atomic E-state index is 0.0335. The van der Waals surface area contributed by atoms with Crippen molar-refractivity contribution in [2.24, 2.45) is 0 Å². The molecule has 0 amide bonds. The molecule has 0 fully saturated rings. The number of ketones is 1. The molecule has 2 aromatic carbocycles. The van der Waals surface area contributed by atoms with Crippen molar-refractivity contribution < 1.29 is 9.53 Å². The Morgan fingerprint density at radius 2 is 1.91 bits per heavy atom. The third-order valence-electron chi connectivity index (χ3n) is 3.81. The summed E-state index contributed by atoms with van der Waals surface area (Å²) in [6.07, 6.45) is 3.39. The van der Waals surface area contributed by atoms with Crippen molar-refractivity contribution in [2.75, 3.05) is 7.11 Å². The maximum atomic E-state index is 12.7. The molecule has 2 aromatic rings. The largest absolute Gasteiger partial charge is 0.497 e. The van der Waals surface area contributed by atoms with Gasteiger partial charge in [0.25, 0.3) is 0 Å². The Bertz CT molecular complexity index is 779. The predicted octanol–water partition coefficient (Wildman–Crippen LogP) is 5.21. The molecule has 0 saturated carbocycles. The van der Waals surface area contributed by atoms with Crippen molar-refractivity contribution in [1.29, 1.82) is 0 Å². The Morgan fingerprint density at radius 3 is 2.64 bits per heavy atom. The molecule has 1 aliphatic carbocycles. The molecular weight excluding hydrogens is 319 g/mol. The fourth-order valence-corrected chi connectivity index (χ4v) is 3.07. The van der Waals surface area contributed by atoms with Crippen LogP contribution >= 0.6 is 23.2 Å². The number of halogens is 2. The lowest BCUT2D eigenvalue weighted by atomic mass is 9.86. The molecule has 112 valence electrons. The number of carbonyl (C=O) groups excluding carboxylic acids is 1. The highest BCUT2D eigenvalue weighted by atomic mass is 35.5. The summed E-state index contributed by atoms with van der Waals surface area (Å²) in [7, 11) is 1.60. The van der Waals surface area contributed by atoms with Gasteiger partial charge >= 0.3 is 0 Å². The summed E-state index contributed by atoms with van der Waals surface area (Å²) in [4.78, 5) is 12.7. The van der Waals surface area contributed by atoms with Crippen LogP contribution in [0.4, 0.5) is 0 Å². The van der Waals surface area contributed by atoms with Gasteiger partial charge in [0.1, 0.15) is 5.75 Å². The van der Waals surface area contributed by atoms with Gasteiger partial charge in [0.2, 0.25) is 0 Å². The molecule has 0 bridgehead atoms. The number of allylic oxidation sites excluding steroid dienone is 1. The molecule has 0 saturated heterocycles. The Balaban J connectivity index is 1.99. The Hall–Kier alpha value is -1.77. The highest BCUT2D eigenvalue weighted by Gasteiger charge is 2.22. The maximum Gasteiger partial charge on any atom is 0.189 e. The fourth-order valence-electron chi connectivity index (χ4n) is 2.61. The van der Waals surface area contributed by atoms with Crippen molar-refractivity contribution >= 4 is 35.1 Å². The second-order valence-corrected chi connectivity index (χ2v) is 6.03. The number of rotatable bonds is 2. The third-order valence-corrected chi connectivity index (χ3v) is 4.37. The van der Waals surface area contributed by atoms with E-state index in [9.17, 15) is 4.79 Å².